The molecule has 1 aliphatic heterocycles. The van der Waals surface area contributed by atoms with Crippen LogP contribution in [0.15, 0.2) is 11.9 Å². The lowest BCUT2D eigenvalue weighted by Crippen LogP contribution is -2.29. The van der Waals surface area contributed by atoms with E-state index in [0.717, 1.165) is 110 Å². The Kier molecular flexibility index (Phi) is 24.0. The lowest BCUT2D eigenvalue weighted by Gasteiger charge is -2.22. The Morgan fingerprint density at radius 3 is 1.93 bits per heavy atom. The van der Waals surface area contributed by atoms with Gasteiger partial charge in [-0.15, -0.1) is 0 Å². The van der Waals surface area contributed by atoms with Crippen LogP contribution in [0, 0.1) is 0 Å². The first kappa shape index (κ1) is 39.4. The van der Waals surface area contributed by atoms with Crippen LogP contribution in [0.2, 0.25) is 0 Å². The van der Waals surface area contributed by atoms with Gasteiger partial charge in [0.2, 0.25) is 0 Å². The fraction of sp³-hybridized carbons (Fsp3) is 0.824. The zero-order valence-electron chi connectivity index (χ0n) is 27.8. The number of carboxylic acid groups (broad SMARTS) is 1. The number of carboxylic acids is 1. The molecule has 1 fully saturated rings. The number of nitrogens with zero attached hydrogens (tertiary/aromatic N) is 1. The Bertz CT molecular complexity index is 835. The van der Waals surface area contributed by atoms with Gasteiger partial charge >= 0.3 is 18.0 Å². The van der Waals surface area contributed by atoms with Crippen LogP contribution in [0.1, 0.15) is 149 Å². The topological polar surface area (TPSA) is 137 Å². The second-order valence-electron chi connectivity index (χ2n) is 12.1. The summed E-state index contributed by atoms with van der Waals surface area (Å²) in [6.07, 6.45) is 23.0. The van der Waals surface area contributed by atoms with Crippen molar-refractivity contribution in [2.45, 2.75) is 155 Å². The zero-order chi connectivity index (χ0) is 32.3. The highest BCUT2D eigenvalue weighted by atomic mass is 16.5. The van der Waals surface area contributed by atoms with Crippen molar-refractivity contribution in [3.05, 3.63) is 11.9 Å². The molecule has 44 heavy (non-hydrogen) atoms. The normalized spacial score (nSPS) is 14.6. The molecule has 0 radical (unpaired) electrons. The van der Waals surface area contributed by atoms with E-state index in [4.69, 9.17) is 9.84 Å². The monoisotopic (exact) mass is 622 g/mol. The van der Waals surface area contributed by atoms with Crippen LogP contribution < -0.4 is 16.0 Å². The van der Waals surface area contributed by atoms with Crippen LogP contribution in [-0.2, 0) is 19.1 Å². The molecule has 10 nitrogen and oxygen atoms in total. The summed E-state index contributed by atoms with van der Waals surface area (Å²) in [6.45, 7) is 8.02. The molecule has 0 aromatic carbocycles. The summed E-state index contributed by atoms with van der Waals surface area (Å²) in [5.74, 6) is -1.18. The number of hydrogen-bond donors (Lipinski definition) is 4. The molecular weight excluding hydrogens is 560 g/mol. The molecule has 254 valence electrons. The largest absolute Gasteiger partial charge is 0.481 e. The summed E-state index contributed by atoms with van der Waals surface area (Å²) in [5.41, 5.74) is 0.237. The second-order valence-corrected chi connectivity index (χ2v) is 12.1. The van der Waals surface area contributed by atoms with Gasteiger partial charge in [-0.1, -0.05) is 84.5 Å². The molecule has 1 heterocycles. The number of aliphatic carboxylic acids is 1. The van der Waals surface area contributed by atoms with Crippen molar-refractivity contribution in [3.8, 4) is 0 Å². The third-order valence-electron chi connectivity index (χ3n) is 8.12. The average molecular weight is 623 g/mol. The first-order chi connectivity index (χ1) is 21.3. The summed E-state index contributed by atoms with van der Waals surface area (Å²) in [7, 11) is 0. The van der Waals surface area contributed by atoms with Crippen molar-refractivity contribution in [3.63, 3.8) is 0 Å². The van der Waals surface area contributed by atoms with E-state index in [1.54, 1.807) is 6.20 Å². The molecule has 1 rings (SSSR count). The molecule has 0 saturated carbocycles. The van der Waals surface area contributed by atoms with Gasteiger partial charge in [0.1, 0.15) is 11.8 Å². The highest BCUT2D eigenvalue weighted by molar-refractivity contribution is 6.11. The Labute approximate surface area is 266 Å². The van der Waals surface area contributed by atoms with Crippen molar-refractivity contribution in [2.24, 2.45) is 0 Å². The highest BCUT2D eigenvalue weighted by Gasteiger charge is 2.22. The summed E-state index contributed by atoms with van der Waals surface area (Å²) in [4.78, 5) is 48.3. The predicted molar refractivity (Wildman–Crippen MR) is 175 cm³/mol. The van der Waals surface area contributed by atoms with E-state index < -0.39 is 17.9 Å². The van der Waals surface area contributed by atoms with E-state index in [2.05, 4.69) is 34.7 Å². The summed E-state index contributed by atoms with van der Waals surface area (Å²) >= 11 is 0. The maximum absolute atomic E-state index is 12.3. The molecule has 0 aromatic rings. The summed E-state index contributed by atoms with van der Waals surface area (Å²) in [6, 6.07) is -0.499. The molecular formula is C34H62N4O6. The van der Waals surface area contributed by atoms with E-state index in [1.807, 2.05) is 0 Å². The predicted octanol–water partition coefficient (Wildman–Crippen LogP) is 6.79. The first-order valence-electron chi connectivity index (χ1n) is 17.5. The van der Waals surface area contributed by atoms with Crippen molar-refractivity contribution in [1.82, 2.24) is 20.9 Å². The number of hydrogen-bond acceptors (Lipinski definition) is 7. The third kappa shape index (κ3) is 22.0. The molecule has 0 aliphatic carbocycles. The Balaban J connectivity index is 2.23. The van der Waals surface area contributed by atoms with Gasteiger partial charge in [0, 0.05) is 25.6 Å². The van der Waals surface area contributed by atoms with Gasteiger partial charge in [-0.25, -0.2) is 4.79 Å². The molecule has 10 heteroatoms. The van der Waals surface area contributed by atoms with Gasteiger partial charge in [0.05, 0.1) is 0 Å². The van der Waals surface area contributed by atoms with Crippen LogP contribution in [0.5, 0.6) is 0 Å². The van der Waals surface area contributed by atoms with Gasteiger partial charge in [-0.05, 0) is 71.0 Å². The minimum atomic E-state index is -0.722. The van der Waals surface area contributed by atoms with E-state index in [9.17, 15) is 19.2 Å². The third-order valence-corrected chi connectivity index (χ3v) is 8.12. The van der Waals surface area contributed by atoms with E-state index >= 15 is 0 Å². The standard InChI is InChI=1S/C34H62N4O6/c1-3-5-6-7-10-15-21-29(4-2)44-32(41)23-17-12-9-14-19-26-38(25-18-13-8-11-16-22-31(39)40)27-20-24-35-28-30-33(42)37-34(43)36-30/h28-29,35H,3-27H2,1-2H3,(H,39,40)(H2,36,37,42,43)/b30-28-. The highest BCUT2D eigenvalue weighted by Crippen LogP contribution is 2.15. The number of unbranched alkanes of at least 4 members (excludes halogenated alkanes) is 13. The van der Waals surface area contributed by atoms with Gasteiger partial charge < -0.3 is 25.4 Å². The van der Waals surface area contributed by atoms with Crippen LogP contribution >= 0.6 is 0 Å². The molecule has 0 aromatic heterocycles. The van der Waals surface area contributed by atoms with Crippen LogP contribution in [-0.4, -0.2) is 66.2 Å². The fourth-order valence-corrected chi connectivity index (χ4v) is 5.42. The Hall–Kier alpha value is -2.62. The smallest absolute Gasteiger partial charge is 0.326 e. The molecule has 1 aliphatic rings. The minimum absolute atomic E-state index is 0.0443. The quantitative estimate of drug-likeness (QED) is 0.0298. The number of rotatable bonds is 30. The minimum Gasteiger partial charge on any atom is -0.481 e. The number of nitrogens with one attached hydrogen (secondary N) is 3. The first-order valence-corrected chi connectivity index (χ1v) is 17.5. The molecule has 3 amide bonds. The van der Waals surface area contributed by atoms with Gasteiger partial charge in [-0.3, -0.25) is 19.7 Å². The van der Waals surface area contributed by atoms with E-state index in [0.29, 0.717) is 13.0 Å². The maximum atomic E-state index is 12.3. The fourth-order valence-electron chi connectivity index (χ4n) is 5.42. The summed E-state index contributed by atoms with van der Waals surface area (Å²) in [5, 5.41) is 16.6. The number of carbonyl (C=O) groups is 4. The number of esters is 1. The van der Waals surface area contributed by atoms with Crippen LogP contribution in [0.3, 0.4) is 0 Å². The Morgan fingerprint density at radius 1 is 0.773 bits per heavy atom. The Morgan fingerprint density at radius 2 is 1.34 bits per heavy atom. The van der Waals surface area contributed by atoms with Crippen molar-refractivity contribution in [2.75, 3.05) is 26.2 Å². The molecule has 1 unspecified atom stereocenters. The number of ether oxygens (including phenoxy) is 1. The van der Waals surface area contributed by atoms with Crippen LogP contribution in [0.25, 0.3) is 0 Å². The van der Waals surface area contributed by atoms with Crippen LogP contribution in [0.4, 0.5) is 4.79 Å². The summed E-state index contributed by atoms with van der Waals surface area (Å²) < 4.78 is 5.74. The van der Waals surface area contributed by atoms with Gasteiger partial charge in [0.25, 0.3) is 5.91 Å². The lowest BCUT2D eigenvalue weighted by molar-refractivity contribution is -0.149. The van der Waals surface area contributed by atoms with Gasteiger partial charge in [-0.2, -0.15) is 0 Å². The van der Waals surface area contributed by atoms with Crippen molar-refractivity contribution >= 4 is 23.9 Å². The average Bonchev–Trinajstić information content (AvgIpc) is 3.32. The number of urea groups is 1. The number of imide groups is 1. The number of carbonyl (C=O) groups excluding carboxylic acids is 3. The molecule has 1 saturated heterocycles. The van der Waals surface area contributed by atoms with Crippen molar-refractivity contribution < 1.29 is 29.0 Å². The molecule has 4 N–H and O–H groups in total. The van der Waals surface area contributed by atoms with E-state index in [-0.39, 0.29) is 24.2 Å². The lowest BCUT2D eigenvalue weighted by atomic mass is 10.1. The zero-order valence-corrected chi connectivity index (χ0v) is 27.8. The maximum Gasteiger partial charge on any atom is 0.326 e. The number of amides is 3. The molecule has 0 spiro atoms. The second kappa shape index (κ2) is 26.8. The van der Waals surface area contributed by atoms with Crippen molar-refractivity contribution in [1.29, 1.82) is 0 Å². The SMILES string of the molecule is CCCCCCCCC(CC)OC(=O)CCCCCCCN(CCCCCCCC(=O)O)CCCN/C=C1\NC(=O)NC1=O. The van der Waals surface area contributed by atoms with Gasteiger partial charge in [0.15, 0.2) is 0 Å². The molecule has 1 atom stereocenters. The molecule has 0 bridgehead atoms. The van der Waals surface area contributed by atoms with E-state index in [1.165, 1.54) is 32.1 Å².